The molecule has 0 aliphatic carbocycles. The number of pyridine rings is 1. The monoisotopic (exact) mass is 270 g/mol. The Morgan fingerprint density at radius 2 is 1.85 bits per heavy atom. The van der Waals surface area contributed by atoms with E-state index in [0.717, 1.165) is 0 Å². The normalized spacial score (nSPS) is 10.1. The van der Waals surface area contributed by atoms with E-state index in [1.54, 1.807) is 12.1 Å². The molecular weight excluding hydrogens is 256 g/mol. The van der Waals surface area contributed by atoms with Gasteiger partial charge in [0.2, 0.25) is 0 Å². The molecule has 0 spiro atoms. The fraction of sp³-hybridized carbons (Fsp3) is 0.133. The van der Waals surface area contributed by atoms with Crippen molar-refractivity contribution in [3.05, 3.63) is 59.9 Å². The number of carboxylic acid groups (broad SMARTS) is 1. The Bertz CT molecular complexity index is 626. The van der Waals surface area contributed by atoms with Crippen LogP contribution in [0, 0.1) is 0 Å². The molecule has 0 saturated heterocycles. The van der Waals surface area contributed by atoms with Crippen LogP contribution in [0.3, 0.4) is 0 Å². The van der Waals surface area contributed by atoms with Gasteiger partial charge in [0.1, 0.15) is 5.69 Å². The van der Waals surface area contributed by atoms with Crippen LogP contribution in [0.1, 0.15) is 27.8 Å². The third-order valence-electron chi connectivity index (χ3n) is 2.87. The van der Waals surface area contributed by atoms with Gasteiger partial charge >= 0.3 is 5.97 Å². The van der Waals surface area contributed by atoms with E-state index in [9.17, 15) is 9.59 Å². The first-order chi connectivity index (χ1) is 9.65. The molecule has 1 N–H and O–H groups in total. The van der Waals surface area contributed by atoms with E-state index < -0.39 is 11.9 Å². The molecule has 0 fully saturated rings. The largest absolute Gasteiger partial charge is 0.478 e. The zero-order valence-corrected chi connectivity index (χ0v) is 11.0. The van der Waals surface area contributed by atoms with Gasteiger partial charge in [-0.25, -0.2) is 4.79 Å². The van der Waals surface area contributed by atoms with E-state index in [-0.39, 0.29) is 11.3 Å². The van der Waals surface area contributed by atoms with Crippen LogP contribution in [0.4, 0.5) is 5.69 Å². The molecule has 0 radical (unpaired) electrons. The number of hydrogen-bond donors (Lipinski definition) is 1. The SMILES string of the molecule is CCN(C(=O)c1ncccc1C(=O)O)c1ccccc1. The predicted molar refractivity (Wildman–Crippen MR) is 75.0 cm³/mol. The van der Waals surface area contributed by atoms with Crippen molar-refractivity contribution >= 4 is 17.6 Å². The molecule has 1 heterocycles. The van der Waals surface area contributed by atoms with Gasteiger partial charge in [0.25, 0.3) is 5.91 Å². The van der Waals surface area contributed by atoms with E-state index in [1.807, 2.05) is 25.1 Å². The van der Waals surface area contributed by atoms with Gasteiger partial charge in [-0.3, -0.25) is 9.78 Å². The molecule has 0 unspecified atom stereocenters. The van der Waals surface area contributed by atoms with Crippen LogP contribution in [-0.4, -0.2) is 28.5 Å². The number of hydrogen-bond acceptors (Lipinski definition) is 3. The molecule has 1 amide bonds. The Morgan fingerprint density at radius 1 is 1.15 bits per heavy atom. The molecule has 1 aromatic heterocycles. The lowest BCUT2D eigenvalue weighted by Crippen LogP contribution is -2.32. The zero-order valence-electron chi connectivity index (χ0n) is 11.0. The molecule has 102 valence electrons. The minimum absolute atomic E-state index is 0.0503. The van der Waals surface area contributed by atoms with Gasteiger partial charge in [0.15, 0.2) is 0 Å². The van der Waals surface area contributed by atoms with Gasteiger partial charge in [-0.1, -0.05) is 18.2 Å². The van der Waals surface area contributed by atoms with Gasteiger partial charge in [0.05, 0.1) is 5.56 Å². The Hall–Kier alpha value is -2.69. The Kier molecular flexibility index (Phi) is 4.10. The Morgan fingerprint density at radius 3 is 2.45 bits per heavy atom. The number of para-hydroxylation sites is 1. The average molecular weight is 270 g/mol. The molecule has 0 atom stereocenters. The van der Waals surface area contributed by atoms with Crippen molar-refractivity contribution in [3.63, 3.8) is 0 Å². The van der Waals surface area contributed by atoms with Crippen LogP contribution in [0.2, 0.25) is 0 Å². The van der Waals surface area contributed by atoms with E-state index in [2.05, 4.69) is 4.98 Å². The van der Waals surface area contributed by atoms with Gasteiger partial charge in [0, 0.05) is 18.4 Å². The van der Waals surface area contributed by atoms with Gasteiger partial charge < -0.3 is 10.0 Å². The van der Waals surface area contributed by atoms with Crippen LogP contribution in [0.15, 0.2) is 48.7 Å². The second kappa shape index (κ2) is 5.97. The maximum Gasteiger partial charge on any atom is 0.338 e. The third kappa shape index (κ3) is 2.66. The third-order valence-corrected chi connectivity index (χ3v) is 2.87. The Labute approximate surface area is 116 Å². The summed E-state index contributed by atoms with van der Waals surface area (Å²) < 4.78 is 0. The fourth-order valence-electron chi connectivity index (χ4n) is 1.93. The van der Waals surface area contributed by atoms with Crippen molar-refractivity contribution in [1.29, 1.82) is 0 Å². The van der Waals surface area contributed by atoms with Crippen molar-refractivity contribution in [2.24, 2.45) is 0 Å². The van der Waals surface area contributed by atoms with Crippen LogP contribution in [0.5, 0.6) is 0 Å². The predicted octanol–water partition coefficient (Wildman–Crippen LogP) is 2.45. The van der Waals surface area contributed by atoms with Gasteiger partial charge in [-0.05, 0) is 31.2 Å². The summed E-state index contributed by atoms with van der Waals surface area (Å²) in [4.78, 5) is 29.1. The van der Waals surface area contributed by atoms with Crippen LogP contribution in [0.25, 0.3) is 0 Å². The maximum absolute atomic E-state index is 12.5. The van der Waals surface area contributed by atoms with Gasteiger partial charge in [-0.2, -0.15) is 0 Å². The lowest BCUT2D eigenvalue weighted by atomic mass is 10.1. The second-order valence-electron chi connectivity index (χ2n) is 4.09. The molecule has 1 aromatic carbocycles. The molecule has 5 nitrogen and oxygen atoms in total. The van der Waals surface area contributed by atoms with Crippen LogP contribution >= 0.6 is 0 Å². The number of carbonyl (C=O) groups excluding carboxylic acids is 1. The molecule has 5 heteroatoms. The number of benzene rings is 1. The zero-order chi connectivity index (χ0) is 14.5. The first-order valence-electron chi connectivity index (χ1n) is 6.20. The number of rotatable bonds is 4. The minimum Gasteiger partial charge on any atom is -0.478 e. The standard InChI is InChI=1S/C15H14N2O3/c1-2-17(11-7-4-3-5-8-11)14(18)13-12(15(19)20)9-6-10-16-13/h3-10H,2H2,1H3,(H,19,20). The lowest BCUT2D eigenvalue weighted by molar-refractivity contribution is 0.0691. The quantitative estimate of drug-likeness (QED) is 0.926. The molecule has 2 rings (SSSR count). The molecule has 20 heavy (non-hydrogen) atoms. The van der Waals surface area contributed by atoms with Crippen LogP contribution in [-0.2, 0) is 0 Å². The van der Waals surface area contributed by atoms with Crippen molar-refractivity contribution in [1.82, 2.24) is 4.98 Å². The van der Waals surface area contributed by atoms with Crippen molar-refractivity contribution < 1.29 is 14.7 Å². The molecule has 0 saturated carbocycles. The summed E-state index contributed by atoms with van der Waals surface area (Å²) in [6.07, 6.45) is 1.42. The number of amides is 1. The summed E-state index contributed by atoms with van der Waals surface area (Å²) in [5.41, 5.74) is 0.569. The molecule has 0 aliphatic rings. The smallest absolute Gasteiger partial charge is 0.338 e. The average Bonchev–Trinajstić information content (AvgIpc) is 2.49. The number of carboxylic acids is 1. The van der Waals surface area contributed by atoms with Crippen molar-refractivity contribution in [2.75, 3.05) is 11.4 Å². The first-order valence-corrected chi connectivity index (χ1v) is 6.20. The Balaban J connectivity index is 2.42. The number of aromatic carboxylic acids is 1. The number of anilines is 1. The summed E-state index contributed by atoms with van der Waals surface area (Å²) >= 11 is 0. The molecule has 0 aliphatic heterocycles. The van der Waals surface area contributed by atoms with Crippen LogP contribution < -0.4 is 4.90 Å². The number of nitrogens with zero attached hydrogens (tertiary/aromatic N) is 2. The summed E-state index contributed by atoms with van der Waals surface area (Å²) in [5.74, 6) is -1.58. The highest BCUT2D eigenvalue weighted by Gasteiger charge is 2.23. The number of carbonyl (C=O) groups is 2. The summed E-state index contributed by atoms with van der Waals surface area (Å²) in [5, 5.41) is 9.13. The van der Waals surface area contributed by atoms with Crippen molar-refractivity contribution in [2.45, 2.75) is 6.92 Å². The maximum atomic E-state index is 12.5. The highest BCUT2D eigenvalue weighted by molar-refractivity contribution is 6.10. The van der Waals surface area contributed by atoms with Crippen molar-refractivity contribution in [3.8, 4) is 0 Å². The minimum atomic E-state index is -1.16. The molecule has 0 bridgehead atoms. The fourth-order valence-corrected chi connectivity index (χ4v) is 1.93. The topological polar surface area (TPSA) is 70.5 Å². The first kappa shape index (κ1) is 13.7. The van der Waals surface area contributed by atoms with E-state index in [4.69, 9.17) is 5.11 Å². The van der Waals surface area contributed by atoms with E-state index in [0.29, 0.717) is 12.2 Å². The highest BCUT2D eigenvalue weighted by Crippen LogP contribution is 2.17. The van der Waals surface area contributed by atoms with E-state index >= 15 is 0 Å². The molecular formula is C15H14N2O3. The lowest BCUT2D eigenvalue weighted by Gasteiger charge is -2.21. The number of aromatic nitrogens is 1. The second-order valence-corrected chi connectivity index (χ2v) is 4.09. The summed E-state index contributed by atoms with van der Waals surface area (Å²) in [7, 11) is 0. The van der Waals surface area contributed by atoms with E-state index in [1.165, 1.54) is 23.2 Å². The summed E-state index contributed by atoms with van der Waals surface area (Å²) in [6.45, 7) is 2.26. The van der Waals surface area contributed by atoms with Gasteiger partial charge in [-0.15, -0.1) is 0 Å². The highest BCUT2D eigenvalue weighted by atomic mass is 16.4. The summed E-state index contributed by atoms with van der Waals surface area (Å²) in [6, 6.07) is 12.0. The molecule has 2 aromatic rings.